The lowest BCUT2D eigenvalue weighted by molar-refractivity contribution is 0.0952. The first-order chi connectivity index (χ1) is 18.6. The summed E-state index contributed by atoms with van der Waals surface area (Å²) in [5, 5.41) is 14.9. The van der Waals surface area contributed by atoms with Crippen LogP contribution in [-0.2, 0) is 6.54 Å². The first kappa shape index (κ1) is 23.2. The van der Waals surface area contributed by atoms with Gasteiger partial charge in [-0.3, -0.25) is 9.89 Å². The smallest absolute Gasteiger partial charge is 0.253 e. The van der Waals surface area contributed by atoms with Gasteiger partial charge in [-0.2, -0.15) is 10.1 Å². The Labute approximate surface area is 218 Å². The van der Waals surface area contributed by atoms with Crippen molar-refractivity contribution in [3.05, 3.63) is 102 Å². The van der Waals surface area contributed by atoms with Gasteiger partial charge in [0.25, 0.3) is 5.91 Å². The molecule has 6 rings (SSSR count). The van der Waals surface area contributed by atoms with Crippen LogP contribution >= 0.6 is 0 Å². The maximum Gasteiger partial charge on any atom is 0.253 e. The molecule has 188 valence electrons. The van der Waals surface area contributed by atoms with Gasteiger partial charge >= 0.3 is 0 Å². The van der Waals surface area contributed by atoms with Gasteiger partial charge in [0, 0.05) is 48.1 Å². The Bertz CT molecular complexity index is 1750. The van der Waals surface area contributed by atoms with Crippen LogP contribution in [0.4, 0.5) is 0 Å². The van der Waals surface area contributed by atoms with Crippen molar-refractivity contribution >= 4 is 16.8 Å². The van der Waals surface area contributed by atoms with Gasteiger partial charge in [0.1, 0.15) is 5.75 Å². The monoisotopic (exact) mass is 504 g/mol. The van der Waals surface area contributed by atoms with Crippen molar-refractivity contribution in [3.8, 4) is 34.0 Å². The number of aromatic amines is 1. The number of hydrogen-bond acceptors (Lipinski definition) is 6. The van der Waals surface area contributed by atoms with Gasteiger partial charge in [0.05, 0.1) is 24.4 Å². The van der Waals surface area contributed by atoms with Gasteiger partial charge in [-0.05, 0) is 41.5 Å². The van der Waals surface area contributed by atoms with Crippen molar-refractivity contribution in [1.82, 2.24) is 30.2 Å². The molecular formula is C29H24N6O3. The third kappa shape index (κ3) is 4.41. The zero-order valence-electron chi connectivity index (χ0n) is 20.8. The van der Waals surface area contributed by atoms with Gasteiger partial charge in [-0.25, -0.2) is 0 Å². The van der Waals surface area contributed by atoms with Crippen molar-refractivity contribution in [2.24, 2.45) is 0 Å². The molecule has 0 atom stereocenters. The van der Waals surface area contributed by atoms with E-state index < -0.39 is 0 Å². The molecule has 6 aromatic rings. The second-order valence-corrected chi connectivity index (χ2v) is 8.85. The van der Waals surface area contributed by atoms with Crippen molar-refractivity contribution < 1.29 is 14.1 Å². The molecule has 0 aliphatic carbocycles. The van der Waals surface area contributed by atoms with Crippen molar-refractivity contribution in [2.45, 2.75) is 13.5 Å². The molecule has 0 unspecified atom stereocenters. The van der Waals surface area contributed by atoms with E-state index in [1.807, 2.05) is 77.6 Å². The lowest BCUT2D eigenvalue weighted by Crippen LogP contribution is -2.22. The quantitative estimate of drug-likeness (QED) is 0.305. The Balaban J connectivity index is 1.41. The highest BCUT2D eigenvalue weighted by molar-refractivity contribution is 6.08. The van der Waals surface area contributed by atoms with E-state index in [1.54, 1.807) is 20.2 Å². The van der Waals surface area contributed by atoms with Crippen LogP contribution in [0, 0.1) is 6.92 Å². The van der Waals surface area contributed by atoms with Crippen molar-refractivity contribution in [1.29, 1.82) is 0 Å². The molecule has 0 aliphatic rings. The summed E-state index contributed by atoms with van der Waals surface area (Å²) in [6, 6.07) is 21.5. The summed E-state index contributed by atoms with van der Waals surface area (Å²) < 4.78 is 12.5. The standard InChI is InChI=1S/C29H24N6O3/c1-18-33-28(34-38-18)21-6-4-7-23(12-21)35-17-26(29(36)30-14-19-5-3-8-24(11-19)37-2)25-10-9-20(13-27(25)35)22-15-31-32-16-22/h3-13,15-17H,14H2,1-2H3,(H,30,36)(H,31,32). The number of carbonyl (C=O) groups excluding carboxylic acids is 1. The fourth-order valence-electron chi connectivity index (χ4n) is 4.48. The summed E-state index contributed by atoms with van der Waals surface area (Å²) in [4.78, 5) is 17.8. The number of carbonyl (C=O) groups is 1. The average Bonchev–Trinajstić information content (AvgIpc) is 3.72. The van der Waals surface area contributed by atoms with Gasteiger partial charge in [-0.15, -0.1) is 0 Å². The second kappa shape index (κ2) is 9.70. The molecule has 0 spiro atoms. The Morgan fingerprint density at radius 2 is 1.95 bits per heavy atom. The fourth-order valence-corrected chi connectivity index (χ4v) is 4.48. The van der Waals surface area contributed by atoms with E-state index in [2.05, 4.69) is 31.7 Å². The predicted octanol–water partition coefficient (Wildman–Crippen LogP) is 5.32. The maximum absolute atomic E-state index is 13.4. The summed E-state index contributed by atoms with van der Waals surface area (Å²) in [5.74, 6) is 1.59. The molecule has 9 heteroatoms. The summed E-state index contributed by atoms with van der Waals surface area (Å²) in [6.07, 6.45) is 5.48. The van der Waals surface area contributed by atoms with Crippen LogP contribution < -0.4 is 10.1 Å². The zero-order valence-corrected chi connectivity index (χ0v) is 20.8. The number of rotatable bonds is 7. The second-order valence-electron chi connectivity index (χ2n) is 8.85. The van der Waals surface area contributed by atoms with Gasteiger partial charge < -0.3 is 19.1 Å². The van der Waals surface area contributed by atoms with E-state index >= 15 is 0 Å². The number of ether oxygens (including phenoxy) is 1. The van der Waals surface area contributed by atoms with Crippen LogP contribution in [0.25, 0.3) is 39.1 Å². The van der Waals surface area contributed by atoms with Crippen LogP contribution in [0.3, 0.4) is 0 Å². The molecule has 0 saturated carbocycles. The minimum Gasteiger partial charge on any atom is -0.497 e. The topological polar surface area (TPSA) is 111 Å². The molecule has 9 nitrogen and oxygen atoms in total. The minimum atomic E-state index is -0.169. The SMILES string of the molecule is COc1cccc(CNC(=O)c2cn(-c3cccc(-c4noc(C)n4)c3)c3cc(-c4cn[nH]c4)ccc23)c1. The number of nitrogens with one attached hydrogen (secondary N) is 2. The van der Waals surface area contributed by atoms with Gasteiger partial charge in [-0.1, -0.05) is 41.6 Å². The number of benzene rings is 3. The number of nitrogens with zero attached hydrogens (tertiary/aromatic N) is 4. The van der Waals surface area contributed by atoms with Crippen LogP contribution in [0.2, 0.25) is 0 Å². The van der Waals surface area contributed by atoms with Crippen LogP contribution in [0.1, 0.15) is 21.8 Å². The molecular weight excluding hydrogens is 480 g/mol. The Morgan fingerprint density at radius 3 is 2.74 bits per heavy atom. The number of amides is 1. The molecule has 2 N–H and O–H groups in total. The van der Waals surface area contributed by atoms with Gasteiger partial charge in [0.15, 0.2) is 0 Å². The molecule has 3 heterocycles. The van der Waals surface area contributed by atoms with Crippen LogP contribution in [-0.4, -0.2) is 37.9 Å². The molecule has 0 aliphatic heterocycles. The number of H-pyrrole nitrogens is 1. The molecule has 0 bridgehead atoms. The average molecular weight is 505 g/mol. The lowest BCUT2D eigenvalue weighted by atomic mass is 10.1. The van der Waals surface area contributed by atoms with E-state index in [1.165, 1.54) is 0 Å². The summed E-state index contributed by atoms with van der Waals surface area (Å²) >= 11 is 0. The minimum absolute atomic E-state index is 0.169. The van der Waals surface area contributed by atoms with Crippen LogP contribution in [0.5, 0.6) is 5.75 Å². The highest BCUT2D eigenvalue weighted by Gasteiger charge is 2.18. The Morgan fingerprint density at radius 1 is 1.05 bits per heavy atom. The molecule has 0 radical (unpaired) electrons. The third-order valence-electron chi connectivity index (χ3n) is 6.38. The number of hydrogen-bond donors (Lipinski definition) is 2. The number of fused-ring (bicyclic) bond motifs is 1. The largest absolute Gasteiger partial charge is 0.497 e. The van der Waals surface area contributed by atoms with E-state index in [4.69, 9.17) is 9.26 Å². The van der Waals surface area contributed by atoms with E-state index in [9.17, 15) is 4.79 Å². The normalized spacial score (nSPS) is 11.1. The fraction of sp³-hybridized carbons (Fsp3) is 0.103. The van der Waals surface area contributed by atoms with E-state index in [0.717, 1.165) is 44.6 Å². The summed E-state index contributed by atoms with van der Waals surface area (Å²) in [7, 11) is 1.62. The van der Waals surface area contributed by atoms with Crippen molar-refractivity contribution in [2.75, 3.05) is 7.11 Å². The lowest BCUT2D eigenvalue weighted by Gasteiger charge is -2.08. The Kier molecular flexibility index (Phi) is 5.93. The number of aryl methyl sites for hydroxylation is 1. The maximum atomic E-state index is 13.4. The predicted molar refractivity (Wildman–Crippen MR) is 143 cm³/mol. The Hall–Kier alpha value is -5.18. The van der Waals surface area contributed by atoms with Crippen LogP contribution in [0.15, 0.2) is 89.8 Å². The van der Waals surface area contributed by atoms with Crippen molar-refractivity contribution in [3.63, 3.8) is 0 Å². The molecule has 0 fully saturated rings. The molecule has 1 amide bonds. The third-order valence-corrected chi connectivity index (χ3v) is 6.38. The highest BCUT2D eigenvalue weighted by Crippen LogP contribution is 2.31. The zero-order chi connectivity index (χ0) is 26.1. The highest BCUT2D eigenvalue weighted by atomic mass is 16.5. The van der Waals surface area contributed by atoms with E-state index in [-0.39, 0.29) is 5.91 Å². The number of aromatic nitrogens is 5. The van der Waals surface area contributed by atoms with Gasteiger partial charge in [0.2, 0.25) is 11.7 Å². The summed E-state index contributed by atoms with van der Waals surface area (Å²) in [6.45, 7) is 2.14. The van der Waals surface area contributed by atoms with E-state index in [0.29, 0.717) is 23.8 Å². The first-order valence-electron chi connectivity index (χ1n) is 12.1. The molecule has 0 saturated heterocycles. The molecule has 3 aromatic carbocycles. The molecule has 3 aromatic heterocycles. The first-order valence-corrected chi connectivity index (χ1v) is 12.1. The number of methoxy groups -OCH3 is 1. The molecule has 38 heavy (non-hydrogen) atoms. The summed E-state index contributed by atoms with van der Waals surface area (Å²) in [5.41, 5.74) is 6.03.